The van der Waals surface area contributed by atoms with Crippen molar-refractivity contribution < 1.29 is 14.3 Å². The quantitative estimate of drug-likeness (QED) is 0.477. The summed E-state index contributed by atoms with van der Waals surface area (Å²) in [7, 11) is -1.99. The number of aryl methyl sites for hydroxylation is 1. The maximum atomic E-state index is 12.1. The van der Waals surface area contributed by atoms with Gasteiger partial charge in [-0.1, -0.05) is 63.2 Å². The Morgan fingerprint density at radius 2 is 1.47 bits per heavy atom. The Balaban J connectivity index is 1.86. The minimum atomic E-state index is -1.99. The number of hydrogen-bond donors (Lipinski definition) is 1. The van der Waals surface area contributed by atoms with Gasteiger partial charge in [0.25, 0.3) is 0 Å². The van der Waals surface area contributed by atoms with Gasteiger partial charge in [-0.25, -0.2) is 0 Å². The molecule has 0 saturated carbocycles. The van der Waals surface area contributed by atoms with E-state index in [1.54, 1.807) is 0 Å². The van der Waals surface area contributed by atoms with Gasteiger partial charge >= 0.3 is 0 Å². The zero-order chi connectivity index (χ0) is 21.7. The Hall–Kier alpha value is -2.56. The standard InChI is InChI=1S/C26H30O3Si/c1-18-12-14-21-23(16-18)28-24-17-20(29-30(5,6)25(2,3)4)13-15-22(24)26(21,27)19-10-8-7-9-11-19/h7-17,27H,1-6H3. The molecule has 0 aromatic heterocycles. The van der Waals surface area contributed by atoms with Crippen LogP contribution >= 0.6 is 0 Å². The fourth-order valence-corrected chi connectivity index (χ4v) is 4.69. The van der Waals surface area contributed by atoms with Gasteiger partial charge in [0.2, 0.25) is 8.32 Å². The molecule has 0 bridgehead atoms. The van der Waals surface area contributed by atoms with Crippen LogP contribution in [0, 0.1) is 6.92 Å². The summed E-state index contributed by atoms with van der Waals surface area (Å²) >= 11 is 0. The van der Waals surface area contributed by atoms with Gasteiger partial charge in [0.05, 0.1) is 0 Å². The summed E-state index contributed by atoms with van der Waals surface area (Å²) < 4.78 is 12.8. The lowest BCUT2D eigenvalue weighted by Gasteiger charge is -2.38. The molecule has 3 nitrogen and oxygen atoms in total. The smallest absolute Gasteiger partial charge is 0.250 e. The van der Waals surface area contributed by atoms with Gasteiger partial charge in [0, 0.05) is 17.2 Å². The molecule has 1 N–H and O–H groups in total. The van der Waals surface area contributed by atoms with E-state index in [2.05, 4.69) is 33.9 Å². The minimum absolute atomic E-state index is 0.0955. The van der Waals surface area contributed by atoms with E-state index in [9.17, 15) is 5.11 Å². The van der Waals surface area contributed by atoms with E-state index in [1.165, 1.54) is 0 Å². The van der Waals surface area contributed by atoms with Gasteiger partial charge in [0.15, 0.2) is 0 Å². The number of fused-ring (bicyclic) bond motifs is 2. The van der Waals surface area contributed by atoms with Crippen molar-refractivity contribution in [3.63, 3.8) is 0 Å². The molecule has 0 radical (unpaired) electrons. The highest BCUT2D eigenvalue weighted by molar-refractivity contribution is 6.74. The van der Waals surface area contributed by atoms with Crippen LogP contribution in [0.3, 0.4) is 0 Å². The molecule has 4 rings (SSSR count). The Morgan fingerprint density at radius 1 is 0.867 bits per heavy atom. The highest BCUT2D eigenvalue weighted by atomic mass is 28.4. The summed E-state index contributed by atoms with van der Waals surface area (Å²) in [5, 5.41) is 12.2. The van der Waals surface area contributed by atoms with E-state index in [0.717, 1.165) is 28.0 Å². The summed E-state index contributed by atoms with van der Waals surface area (Å²) in [6, 6.07) is 21.5. The summed E-state index contributed by atoms with van der Waals surface area (Å²) in [6.07, 6.45) is 0. The highest BCUT2D eigenvalue weighted by Gasteiger charge is 2.43. The molecule has 0 fully saturated rings. The predicted molar refractivity (Wildman–Crippen MR) is 124 cm³/mol. The lowest BCUT2D eigenvalue weighted by atomic mass is 9.78. The molecular weight excluding hydrogens is 388 g/mol. The third kappa shape index (κ3) is 3.34. The SMILES string of the molecule is Cc1ccc2c(c1)Oc1cc(O[Si](C)(C)C(C)(C)C)ccc1C2(O)c1ccccc1. The lowest BCUT2D eigenvalue weighted by molar-refractivity contribution is 0.112. The molecule has 1 atom stereocenters. The van der Waals surface area contributed by atoms with Crippen LogP contribution in [0.4, 0.5) is 0 Å². The van der Waals surface area contributed by atoms with Gasteiger partial charge < -0.3 is 14.3 Å². The molecule has 1 heterocycles. The summed E-state index contributed by atoms with van der Waals surface area (Å²) in [4.78, 5) is 0. The van der Waals surface area contributed by atoms with Crippen molar-refractivity contribution in [2.75, 3.05) is 0 Å². The molecule has 156 valence electrons. The molecule has 3 aromatic rings. The zero-order valence-corrected chi connectivity index (χ0v) is 19.6. The Kier molecular flexibility index (Phi) is 4.83. The maximum Gasteiger partial charge on any atom is 0.250 e. The first-order chi connectivity index (χ1) is 14.0. The monoisotopic (exact) mass is 418 g/mol. The van der Waals surface area contributed by atoms with Crippen LogP contribution in [0.15, 0.2) is 66.7 Å². The highest BCUT2D eigenvalue weighted by Crippen LogP contribution is 2.51. The molecule has 0 amide bonds. The average molecular weight is 419 g/mol. The topological polar surface area (TPSA) is 38.7 Å². The first-order valence-electron chi connectivity index (χ1n) is 10.4. The van der Waals surface area contributed by atoms with E-state index in [-0.39, 0.29) is 5.04 Å². The molecule has 1 aliphatic heterocycles. The number of ether oxygens (including phenoxy) is 1. The van der Waals surface area contributed by atoms with Crippen molar-refractivity contribution in [3.8, 4) is 17.2 Å². The first kappa shape index (κ1) is 20.7. The lowest BCUT2D eigenvalue weighted by Crippen LogP contribution is -2.43. The van der Waals surface area contributed by atoms with E-state index in [1.807, 2.05) is 73.7 Å². The fourth-order valence-electron chi connectivity index (χ4n) is 3.66. The van der Waals surface area contributed by atoms with Crippen LogP contribution < -0.4 is 9.16 Å². The Bertz CT molecular complexity index is 1080. The van der Waals surface area contributed by atoms with Crippen LogP contribution in [0.2, 0.25) is 18.1 Å². The average Bonchev–Trinajstić information content (AvgIpc) is 2.67. The molecule has 4 heteroatoms. The molecule has 1 aliphatic rings. The van der Waals surface area contributed by atoms with Crippen molar-refractivity contribution in [1.29, 1.82) is 0 Å². The first-order valence-corrected chi connectivity index (χ1v) is 13.3. The van der Waals surface area contributed by atoms with Crippen LogP contribution in [-0.2, 0) is 5.60 Å². The molecule has 0 spiro atoms. The Morgan fingerprint density at radius 3 is 2.10 bits per heavy atom. The van der Waals surface area contributed by atoms with Crippen molar-refractivity contribution >= 4 is 8.32 Å². The maximum absolute atomic E-state index is 12.1. The molecular formula is C26H30O3Si. The second-order valence-electron chi connectivity index (χ2n) is 9.70. The number of aliphatic hydroxyl groups is 1. The summed E-state index contributed by atoms with van der Waals surface area (Å²) in [5.74, 6) is 2.10. The number of benzene rings is 3. The molecule has 0 aliphatic carbocycles. The third-order valence-corrected chi connectivity index (χ3v) is 10.8. The van der Waals surface area contributed by atoms with Crippen LogP contribution in [0.5, 0.6) is 17.2 Å². The second-order valence-corrected chi connectivity index (χ2v) is 14.4. The molecule has 0 saturated heterocycles. The second kappa shape index (κ2) is 7.00. The van der Waals surface area contributed by atoms with Gasteiger partial charge in [-0.15, -0.1) is 0 Å². The van der Waals surface area contributed by atoms with Gasteiger partial charge in [-0.2, -0.15) is 0 Å². The van der Waals surface area contributed by atoms with E-state index in [4.69, 9.17) is 9.16 Å². The third-order valence-electron chi connectivity index (χ3n) is 6.46. The largest absolute Gasteiger partial charge is 0.543 e. The van der Waals surface area contributed by atoms with Crippen LogP contribution in [0.25, 0.3) is 0 Å². The predicted octanol–water partition coefficient (Wildman–Crippen LogP) is 6.77. The van der Waals surface area contributed by atoms with Crippen molar-refractivity contribution in [1.82, 2.24) is 0 Å². The molecule has 3 aromatic carbocycles. The zero-order valence-electron chi connectivity index (χ0n) is 18.6. The van der Waals surface area contributed by atoms with Gasteiger partial charge in [-0.3, -0.25) is 0 Å². The van der Waals surface area contributed by atoms with Gasteiger partial charge in [0.1, 0.15) is 22.8 Å². The fraction of sp³-hybridized carbons (Fsp3) is 0.308. The van der Waals surface area contributed by atoms with Crippen molar-refractivity contribution in [3.05, 3.63) is 89.0 Å². The van der Waals surface area contributed by atoms with E-state index < -0.39 is 13.9 Å². The Labute approximate surface area is 180 Å². The summed E-state index contributed by atoms with van der Waals surface area (Å²) in [5.41, 5.74) is 2.10. The minimum Gasteiger partial charge on any atom is -0.543 e. The van der Waals surface area contributed by atoms with E-state index >= 15 is 0 Å². The van der Waals surface area contributed by atoms with Gasteiger partial charge in [-0.05, 0) is 54.4 Å². The number of rotatable bonds is 3. The van der Waals surface area contributed by atoms with Crippen molar-refractivity contribution in [2.45, 2.75) is 51.4 Å². The van der Waals surface area contributed by atoms with Crippen molar-refractivity contribution in [2.24, 2.45) is 0 Å². The van der Waals surface area contributed by atoms with Crippen LogP contribution in [-0.4, -0.2) is 13.4 Å². The van der Waals surface area contributed by atoms with E-state index in [0.29, 0.717) is 11.5 Å². The number of hydrogen-bond acceptors (Lipinski definition) is 3. The molecule has 30 heavy (non-hydrogen) atoms. The molecule has 1 unspecified atom stereocenters. The van der Waals surface area contributed by atoms with Crippen LogP contribution in [0.1, 0.15) is 43.0 Å². The summed E-state index contributed by atoms with van der Waals surface area (Å²) in [6.45, 7) is 13.2. The normalized spacial score (nSPS) is 18.2.